The fraction of sp³-hybridized carbons (Fsp3) is 0.632. The van der Waals surface area contributed by atoms with Crippen LogP contribution in [0.3, 0.4) is 0 Å². The summed E-state index contributed by atoms with van der Waals surface area (Å²) < 4.78 is 11.4. The summed E-state index contributed by atoms with van der Waals surface area (Å²) in [5, 5.41) is 6.30. The number of carbonyl (C=O) groups excluding carboxylic acids is 1. The van der Waals surface area contributed by atoms with Gasteiger partial charge in [0, 0.05) is 24.4 Å². The Bertz CT molecular complexity index is 523. The van der Waals surface area contributed by atoms with Crippen LogP contribution in [0.2, 0.25) is 0 Å². The number of rotatable bonds is 7. The van der Waals surface area contributed by atoms with E-state index in [1.54, 1.807) is 0 Å². The third-order valence-electron chi connectivity index (χ3n) is 4.72. The van der Waals surface area contributed by atoms with Crippen molar-refractivity contribution in [3.8, 4) is 5.75 Å². The van der Waals surface area contributed by atoms with Crippen molar-refractivity contribution in [2.24, 2.45) is 0 Å². The van der Waals surface area contributed by atoms with Gasteiger partial charge in [-0.25, -0.2) is 0 Å². The number of amides is 1. The molecular weight excluding hydrogens is 304 g/mol. The highest BCUT2D eigenvalue weighted by Gasteiger charge is 2.16. The molecule has 1 aliphatic carbocycles. The van der Waals surface area contributed by atoms with Gasteiger partial charge in [-0.15, -0.1) is 0 Å². The molecule has 0 aromatic heterocycles. The molecule has 0 spiro atoms. The van der Waals surface area contributed by atoms with Crippen molar-refractivity contribution in [2.75, 3.05) is 25.1 Å². The molecule has 0 bridgehead atoms. The molecule has 2 N–H and O–H groups in total. The molecular formula is C19H28N2O3. The van der Waals surface area contributed by atoms with Crippen LogP contribution in [-0.4, -0.2) is 37.8 Å². The number of nitrogens with one attached hydrogen (secondary N) is 2. The van der Waals surface area contributed by atoms with E-state index in [9.17, 15) is 4.79 Å². The Balaban J connectivity index is 1.41. The Morgan fingerprint density at radius 3 is 2.83 bits per heavy atom. The maximum Gasteiger partial charge on any atom is 0.239 e. The second-order valence-electron chi connectivity index (χ2n) is 6.73. The monoisotopic (exact) mass is 332 g/mol. The van der Waals surface area contributed by atoms with Crippen LogP contribution in [0, 0.1) is 0 Å². The van der Waals surface area contributed by atoms with E-state index in [-0.39, 0.29) is 12.0 Å². The smallest absolute Gasteiger partial charge is 0.239 e. The van der Waals surface area contributed by atoms with Gasteiger partial charge in [-0.2, -0.15) is 0 Å². The minimum Gasteiger partial charge on any atom is -0.491 e. The molecule has 1 aliphatic heterocycles. The van der Waals surface area contributed by atoms with E-state index < -0.39 is 0 Å². The van der Waals surface area contributed by atoms with E-state index in [1.807, 2.05) is 24.3 Å². The summed E-state index contributed by atoms with van der Waals surface area (Å²) >= 11 is 0. The van der Waals surface area contributed by atoms with E-state index in [1.165, 1.54) is 19.3 Å². The fourth-order valence-electron chi connectivity index (χ4n) is 3.37. The van der Waals surface area contributed by atoms with Crippen LogP contribution in [0.25, 0.3) is 0 Å². The van der Waals surface area contributed by atoms with Gasteiger partial charge in [0.2, 0.25) is 5.91 Å². The SMILES string of the molecule is O=C(CNc1cccc(OCC2CCCO2)c1)NC1CCCCC1. The summed E-state index contributed by atoms with van der Waals surface area (Å²) in [5.74, 6) is 0.871. The van der Waals surface area contributed by atoms with Crippen molar-refractivity contribution in [3.63, 3.8) is 0 Å². The normalized spacial score (nSPS) is 21.4. The number of anilines is 1. The van der Waals surface area contributed by atoms with E-state index in [2.05, 4.69) is 10.6 Å². The third-order valence-corrected chi connectivity index (χ3v) is 4.72. The molecule has 1 saturated carbocycles. The van der Waals surface area contributed by atoms with E-state index in [0.29, 0.717) is 19.2 Å². The van der Waals surface area contributed by atoms with Gasteiger partial charge in [-0.05, 0) is 37.8 Å². The molecule has 1 aromatic rings. The summed E-state index contributed by atoms with van der Waals surface area (Å²) in [6, 6.07) is 8.11. The standard InChI is InChI=1S/C19H28N2O3/c22-19(21-15-6-2-1-3-7-15)13-20-16-8-4-9-17(12-16)24-14-18-10-5-11-23-18/h4,8-9,12,15,18,20H,1-3,5-7,10-11,13-14H2,(H,21,22). The van der Waals surface area contributed by atoms with Crippen LogP contribution in [-0.2, 0) is 9.53 Å². The van der Waals surface area contributed by atoms with Crippen molar-refractivity contribution in [2.45, 2.75) is 57.1 Å². The van der Waals surface area contributed by atoms with Crippen LogP contribution in [0.5, 0.6) is 5.75 Å². The van der Waals surface area contributed by atoms with Gasteiger partial charge in [0.05, 0.1) is 12.6 Å². The summed E-state index contributed by atoms with van der Waals surface area (Å²) in [6.07, 6.45) is 8.36. The quantitative estimate of drug-likeness (QED) is 0.805. The third kappa shape index (κ3) is 5.41. The molecule has 1 aromatic carbocycles. The zero-order valence-corrected chi connectivity index (χ0v) is 14.3. The van der Waals surface area contributed by atoms with Crippen LogP contribution in [0.1, 0.15) is 44.9 Å². The molecule has 1 saturated heterocycles. The molecule has 132 valence electrons. The molecule has 3 rings (SSSR count). The number of hydrogen-bond acceptors (Lipinski definition) is 4. The van der Waals surface area contributed by atoms with Gasteiger partial charge in [0.1, 0.15) is 12.4 Å². The highest BCUT2D eigenvalue weighted by molar-refractivity contribution is 5.81. The number of ether oxygens (including phenoxy) is 2. The topological polar surface area (TPSA) is 59.6 Å². The zero-order valence-electron chi connectivity index (χ0n) is 14.3. The van der Waals surface area contributed by atoms with Gasteiger partial charge in [-0.3, -0.25) is 4.79 Å². The first-order valence-electron chi connectivity index (χ1n) is 9.17. The first-order chi connectivity index (χ1) is 11.8. The Kier molecular flexibility index (Phi) is 6.35. The van der Waals surface area contributed by atoms with Crippen LogP contribution in [0.15, 0.2) is 24.3 Å². The lowest BCUT2D eigenvalue weighted by Gasteiger charge is -2.22. The van der Waals surface area contributed by atoms with Gasteiger partial charge in [0.15, 0.2) is 0 Å². The molecule has 2 aliphatic rings. The van der Waals surface area contributed by atoms with Crippen LogP contribution in [0.4, 0.5) is 5.69 Å². The predicted molar refractivity (Wildman–Crippen MR) is 94.4 cm³/mol. The molecule has 1 atom stereocenters. The molecule has 5 heteroatoms. The summed E-state index contributed by atoms with van der Waals surface area (Å²) in [4.78, 5) is 12.0. The first-order valence-corrected chi connectivity index (χ1v) is 9.17. The first kappa shape index (κ1) is 17.1. The number of benzene rings is 1. The summed E-state index contributed by atoms with van der Waals surface area (Å²) in [6.45, 7) is 1.73. The fourth-order valence-corrected chi connectivity index (χ4v) is 3.37. The van der Waals surface area contributed by atoms with Crippen molar-refractivity contribution in [1.29, 1.82) is 0 Å². The zero-order chi connectivity index (χ0) is 16.6. The summed E-state index contributed by atoms with van der Waals surface area (Å²) in [5.41, 5.74) is 0.902. The van der Waals surface area contributed by atoms with Crippen LogP contribution < -0.4 is 15.4 Å². The number of carbonyl (C=O) groups is 1. The predicted octanol–water partition coefficient (Wildman–Crippen LogP) is 3.11. The van der Waals surface area contributed by atoms with E-state index in [0.717, 1.165) is 43.7 Å². The minimum atomic E-state index is 0.0626. The Labute approximate surface area is 144 Å². The highest BCUT2D eigenvalue weighted by Crippen LogP contribution is 2.20. The Hall–Kier alpha value is -1.75. The summed E-state index contributed by atoms with van der Waals surface area (Å²) in [7, 11) is 0. The second kappa shape index (κ2) is 8.92. The van der Waals surface area contributed by atoms with Crippen molar-refractivity contribution < 1.29 is 14.3 Å². The Morgan fingerprint density at radius 2 is 2.04 bits per heavy atom. The van der Waals surface area contributed by atoms with Gasteiger partial charge in [0.25, 0.3) is 0 Å². The van der Waals surface area contributed by atoms with Gasteiger partial charge < -0.3 is 20.1 Å². The van der Waals surface area contributed by atoms with Crippen molar-refractivity contribution in [3.05, 3.63) is 24.3 Å². The van der Waals surface area contributed by atoms with Gasteiger partial charge in [-0.1, -0.05) is 25.3 Å². The van der Waals surface area contributed by atoms with E-state index in [4.69, 9.17) is 9.47 Å². The van der Waals surface area contributed by atoms with Crippen molar-refractivity contribution in [1.82, 2.24) is 5.32 Å². The van der Waals surface area contributed by atoms with Crippen LogP contribution >= 0.6 is 0 Å². The molecule has 5 nitrogen and oxygen atoms in total. The Morgan fingerprint density at radius 1 is 1.17 bits per heavy atom. The molecule has 1 unspecified atom stereocenters. The second-order valence-corrected chi connectivity index (χ2v) is 6.73. The molecule has 24 heavy (non-hydrogen) atoms. The van der Waals surface area contributed by atoms with Gasteiger partial charge >= 0.3 is 0 Å². The molecule has 1 amide bonds. The maximum atomic E-state index is 12.0. The molecule has 1 heterocycles. The maximum absolute atomic E-state index is 12.0. The average Bonchev–Trinajstić information content (AvgIpc) is 3.13. The lowest BCUT2D eigenvalue weighted by Crippen LogP contribution is -2.39. The van der Waals surface area contributed by atoms with Crippen molar-refractivity contribution >= 4 is 11.6 Å². The largest absolute Gasteiger partial charge is 0.491 e. The lowest BCUT2D eigenvalue weighted by atomic mass is 9.95. The minimum absolute atomic E-state index is 0.0626. The highest BCUT2D eigenvalue weighted by atomic mass is 16.5. The molecule has 2 fully saturated rings. The van der Waals surface area contributed by atoms with E-state index >= 15 is 0 Å². The molecule has 0 radical (unpaired) electrons. The lowest BCUT2D eigenvalue weighted by molar-refractivity contribution is -0.120. The average molecular weight is 332 g/mol. The number of hydrogen-bond donors (Lipinski definition) is 2.